The van der Waals surface area contributed by atoms with Crippen LogP contribution in [0.1, 0.15) is 22.3 Å². The molecule has 1 atom stereocenters. The summed E-state index contributed by atoms with van der Waals surface area (Å²) in [5, 5.41) is 2.87. The SMILES string of the molecule is O=C(NCc1cccnc1)c1ccnc(OC2CCSC2)c1. The number of hydrogen-bond acceptors (Lipinski definition) is 5. The predicted molar refractivity (Wildman–Crippen MR) is 86.0 cm³/mol. The van der Waals surface area contributed by atoms with Crippen LogP contribution in [0.2, 0.25) is 0 Å². The first-order valence-corrected chi connectivity index (χ1v) is 8.34. The van der Waals surface area contributed by atoms with Crippen LogP contribution in [0.3, 0.4) is 0 Å². The van der Waals surface area contributed by atoms with Crippen LogP contribution < -0.4 is 10.1 Å². The van der Waals surface area contributed by atoms with Gasteiger partial charge in [-0.1, -0.05) is 6.07 Å². The molecule has 1 saturated heterocycles. The van der Waals surface area contributed by atoms with E-state index in [0.29, 0.717) is 18.0 Å². The van der Waals surface area contributed by atoms with Crippen LogP contribution in [-0.4, -0.2) is 33.5 Å². The quantitative estimate of drug-likeness (QED) is 0.917. The van der Waals surface area contributed by atoms with E-state index in [1.807, 2.05) is 23.9 Å². The lowest BCUT2D eigenvalue weighted by molar-refractivity contribution is 0.0950. The van der Waals surface area contributed by atoms with Crippen LogP contribution in [-0.2, 0) is 6.54 Å². The third-order valence-electron chi connectivity index (χ3n) is 3.35. The van der Waals surface area contributed by atoms with Gasteiger partial charge in [0.1, 0.15) is 6.10 Å². The van der Waals surface area contributed by atoms with Crippen LogP contribution in [0.4, 0.5) is 0 Å². The van der Waals surface area contributed by atoms with Gasteiger partial charge in [0.2, 0.25) is 5.88 Å². The fourth-order valence-corrected chi connectivity index (χ4v) is 3.27. The van der Waals surface area contributed by atoms with E-state index in [1.165, 1.54) is 0 Å². The van der Waals surface area contributed by atoms with Gasteiger partial charge >= 0.3 is 0 Å². The molecule has 5 nitrogen and oxygen atoms in total. The lowest BCUT2D eigenvalue weighted by Crippen LogP contribution is -2.23. The van der Waals surface area contributed by atoms with Crippen molar-refractivity contribution in [3.05, 3.63) is 54.0 Å². The summed E-state index contributed by atoms with van der Waals surface area (Å²) in [6, 6.07) is 7.15. The monoisotopic (exact) mass is 315 g/mol. The van der Waals surface area contributed by atoms with Gasteiger partial charge in [-0.3, -0.25) is 9.78 Å². The number of carbonyl (C=O) groups is 1. The van der Waals surface area contributed by atoms with Gasteiger partial charge in [-0.25, -0.2) is 4.98 Å². The van der Waals surface area contributed by atoms with Crippen molar-refractivity contribution in [3.63, 3.8) is 0 Å². The van der Waals surface area contributed by atoms with Crippen molar-refractivity contribution in [2.24, 2.45) is 0 Å². The van der Waals surface area contributed by atoms with Crippen molar-refractivity contribution in [1.29, 1.82) is 0 Å². The Morgan fingerprint density at radius 1 is 1.41 bits per heavy atom. The number of ether oxygens (including phenoxy) is 1. The zero-order valence-electron chi connectivity index (χ0n) is 12.1. The Bertz CT molecular complexity index is 630. The standard InChI is InChI=1S/C16H17N3O2S/c20-16(19-10-12-2-1-5-17-9-12)13-3-6-18-15(8-13)21-14-4-7-22-11-14/h1-3,5-6,8-9,14H,4,7,10-11H2,(H,19,20). The van der Waals surface area contributed by atoms with E-state index in [4.69, 9.17) is 4.74 Å². The van der Waals surface area contributed by atoms with Gasteiger partial charge in [0.05, 0.1) is 0 Å². The molecule has 0 aromatic carbocycles. The smallest absolute Gasteiger partial charge is 0.251 e. The fraction of sp³-hybridized carbons (Fsp3) is 0.312. The molecule has 0 bridgehead atoms. The Morgan fingerprint density at radius 2 is 2.36 bits per heavy atom. The van der Waals surface area contributed by atoms with E-state index < -0.39 is 0 Å². The molecular weight excluding hydrogens is 298 g/mol. The average Bonchev–Trinajstić information content (AvgIpc) is 3.07. The number of hydrogen-bond donors (Lipinski definition) is 1. The zero-order valence-corrected chi connectivity index (χ0v) is 12.9. The van der Waals surface area contributed by atoms with Gasteiger partial charge in [0, 0.05) is 42.5 Å². The molecule has 2 aromatic heterocycles. The molecule has 1 N–H and O–H groups in total. The Balaban J connectivity index is 1.59. The Morgan fingerprint density at radius 3 is 3.14 bits per heavy atom. The number of rotatable bonds is 5. The highest BCUT2D eigenvalue weighted by Gasteiger charge is 2.18. The van der Waals surface area contributed by atoms with E-state index in [1.54, 1.807) is 30.7 Å². The van der Waals surface area contributed by atoms with E-state index in [9.17, 15) is 4.79 Å². The minimum atomic E-state index is -0.142. The molecule has 1 unspecified atom stereocenters. The molecule has 1 aliphatic heterocycles. The summed E-state index contributed by atoms with van der Waals surface area (Å²) >= 11 is 1.88. The van der Waals surface area contributed by atoms with Crippen molar-refractivity contribution < 1.29 is 9.53 Å². The van der Waals surface area contributed by atoms with Gasteiger partial charge in [-0.15, -0.1) is 0 Å². The molecule has 0 radical (unpaired) electrons. The topological polar surface area (TPSA) is 64.1 Å². The van der Waals surface area contributed by atoms with Crippen LogP contribution in [0, 0.1) is 0 Å². The number of amides is 1. The van der Waals surface area contributed by atoms with Crippen molar-refractivity contribution >= 4 is 17.7 Å². The fourth-order valence-electron chi connectivity index (χ4n) is 2.18. The maximum atomic E-state index is 12.2. The number of thioether (sulfide) groups is 1. The molecule has 114 valence electrons. The molecule has 3 rings (SSSR count). The molecule has 22 heavy (non-hydrogen) atoms. The summed E-state index contributed by atoms with van der Waals surface area (Å²) in [5.41, 5.74) is 1.52. The lowest BCUT2D eigenvalue weighted by Gasteiger charge is -2.12. The normalized spacial score (nSPS) is 17.2. The minimum absolute atomic E-state index is 0.142. The van der Waals surface area contributed by atoms with E-state index in [0.717, 1.165) is 23.5 Å². The van der Waals surface area contributed by atoms with E-state index in [2.05, 4.69) is 15.3 Å². The number of carbonyl (C=O) groups excluding carboxylic acids is 1. The minimum Gasteiger partial charge on any atom is -0.473 e. The molecule has 0 spiro atoms. The molecule has 6 heteroatoms. The van der Waals surface area contributed by atoms with Crippen LogP contribution in [0.15, 0.2) is 42.9 Å². The molecule has 1 amide bonds. The second-order valence-electron chi connectivity index (χ2n) is 5.03. The van der Waals surface area contributed by atoms with Gasteiger partial charge in [0.15, 0.2) is 0 Å². The third kappa shape index (κ3) is 3.98. The summed E-state index contributed by atoms with van der Waals surface area (Å²) in [7, 11) is 0. The molecule has 1 fully saturated rings. The van der Waals surface area contributed by atoms with E-state index in [-0.39, 0.29) is 12.0 Å². The van der Waals surface area contributed by atoms with Gasteiger partial charge < -0.3 is 10.1 Å². The summed E-state index contributed by atoms with van der Waals surface area (Å²) in [6.07, 6.45) is 6.28. The van der Waals surface area contributed by atoms with Crippen molar-refractivity contribution in [2.75, 3.05) is 11.5 Å². The zero-order chi connectivity index (χ0) is 15.2. The van der Waals surface area contributed by atoms with Gasteiger partial charge in [-0.2, -0.15) is 11.8 Å². The Kier molecular flexibility index (Phi) is 4.90. The third-order valence-corrected chi connectivity index (χ3v) is 4.48. The van der Waals surface area contributed by atoms with Crippen LogP contribution in [0.5, 0.6) is 5.88 Å². The molecule has 3 heterocycles. The van der Waals surface area contributed by atoms with Gasteiger partial charge in [0.25, 0.3) is 5.91 Å². The summed E-state index contributed by atoms with van der Waals surface area (Å²) in [4.78, 5) is 20.4. The Hall–Kier alpha value is -2.08. The molecule has 2 aromatic rings. The highest BCUT2D eigenvalue weighted by molar-refractivity contribution is 7.99. The first kappa shape index (κ1) is 14.8. The second kappa shape index (κ2) is 7.26. The van der Waals surface area contributed by atoms with Crippen molar-refractivity contribution in [2.45, 2.75) is 19.1 Å². The molecule has 0 aliphatic carbocycles. The Labute approximate surface area is 133 Å². The number of aromatic nitrogens is 2. The van der Waals surface area contributed by atoms with Crippen LogP contribution in [0.25, 0.3) is 0 Å². The molecule has 0 saturated carbocycles. The highest BCUT2D eigenvalue weighted by Crippen LogP contribution is 2.22. The summed E-state index contributed by atoms with van der Waals surface area (Å²) in [6.45, 7) is 0.449. The first-order chi connectivity index (χ1) is 10.8. The van der Waals surface area contributed by atoms with Crippen molar-refractivity contribution in [3.8, 4) is 5.88 Å². The molecular formula is C16H17N3O2S. The molecule has 1 aliphatic rings. The maximum absolute atomic E-state index is 12.2. The largest absolute Gasteiger partial charge is 0.473 e. The lowest BCUT2D eigenvalue weighted by atomic mass is 10.2. The maximum Gasteiger partial charge on any atom is 0.251 e. The highest BCUT2D eigenvalue weighted by atomic mass is 32.2. The predicted octanol–water partition coefficient (Wildman–Crippen LogP) is 2.29. The first-order valence-electron chi connectivity index (χ1n) is 7.19. The number of nitrogens with zero attached hydrogens (tertiary/aromatic N) is 2. The number of pyridine rings is 2. The van der Waals surface area contributed by atoms with Crippen molar-refractivity contribution in [1.82, 2.24) is 15.3 Å². The average molecular weight is 315 g/mol. The summed E-state index contributed by atoms with van der Waals surface area (Å²) in [5.74, 6) is 2.48. The number of nitrogens with one attached hydrogen (secondary N) is 1. The second-order valence-corrected chi connectivity index (χ2v) is 6.18. The summed E-state index contributed by atoms with van der Waals surface area (Å²) < 4.78 is 5.81. The van der Waals surface area contributed by atoms with Gasteiger partial charge in [-0.05, 0) is 29.9 Å². The van der Waals surface area contributed by atoms with Crippen LogP contribution >= 0.6 is 11.8 Å². The van der Waals surface area contributed by atoms with E-state index >= 15 is 0 Å².